The minimum atomic E-state index is -0.152. The fourth-order valence-corrected chi connectivity index (χ4v) is 1.29. The summed E-state index contributed by atoms with van der Waals surface area (Å²) in [6, 6.07) is 1.47. The van der Waals surface area contributed by atoms with Crippen LogP contribution in [-0.2, 0) is 0 Å². The van der Waals surface area contributed by atoms with Gasteiger partial charge in [0, 0.05) is 5.56 Å². The Hall–Kier alpha value is -1.71. The molecule has 0 spiro atoms. The summed E-state index contributed by atoms with van der Waals surface area (Å²) in [5.74, 6) is 0.633. The van der Waals surface area contributed by atoms with Crippen molar-refractivity contribution in [2.24, 2.45) is 0 Å². The number of hydrogen-bond donors (Lipinski definition) is 1. The lowest BCUT2D eigenvalue weighted by Crippen LogP contribution is -1.96. The molecule has 0 unspecified atom stereocenters. The fourth-order valence-electron chi connectivity index (χ4n) is 1.29. The summed E-state index contributed by atoms with van der Waals surface area (Å²) in [6.07, 6.45) is 0.555. The molecule has 0 atom stereocenters. The maximum atomic E-state index is 10.6. The monoisotopic (exact) mass is 196 g/mol. The second-order valence-electron chi connectivity index (χ2n) is 2.79. The molecule has 0 amide bonds. The molecule has 0 saturated carbocycles. The lowest BCUT2D eigenvalue weighted by Gasteiger charge is -2.12. The standard InChI is InChI=1S/C10H12O4/c1-6-8(13-2)4-7(5-11)9(12)10(6)14-3/h4-5,12H,1-3H3. The van der Waals surface area contributed by atoms with Crippen LogP contribution in [0.3, 0.4) is 0 Å². The summed E-state index contributed by atoms with van der Waals surface area (Å²) in [4.78, 5) is 10.6. The molecule has 0 heterocycles. The zero-order chi connectivity index (χ0) is 10.7. The maximum Gasteiger partial charge on any atom is 0.168 e. The molecular formula is C10H12O4. The predicted octanol–water partition coefficient (Wildman–Crippen LogP) is 1.53. The Kier molecular flexibility index (Phi) is 2.96. The van der Waals surface area contributed by atoms with Crippen molar-refractivity contribution in [3.05, 3.63) is 17.2 Å². The van der Waals surface area contributed by atoms with E-state index in [9.17, 15) is 9.90 Å². The van der Waals surface area contributed by atoms with Gasteiger partial charge in [-0.05, 0) is 13.0 Å². The topological polar surface area (TPSA) is 55.8 Å². The van der Waals surface area contributed by atoms with Crippen LogP contribution < -0.4 is 9.47 Å². The Labute approximate surface area is 82.1 Å². The number of phenols is 1. The van der Waals surface area contributed by atoms with Crippen LogP contribution in [0.2, 0.25) is 0 Å². The molecular weight excluding hydrogens is 184 g/mol. The zero-order valence-corrected chi connectivity index (χ0v) is 8.33. The second-order valence-corrected chi connectivity index (χ2v) is 2.79. The summed E-state index contributed by atoms with van der Waals surface area (Å²) in [7, 11) is 2.92. The highest BCUT2D eigenvalue weighted by Crippen LogP contribution is 2.38. The summed E-state index contributed by atoms with van der Waals surface area (Å²) >= 11 is 0. The van der Waals surface area contributed by atoms with E-state index in [2.05, 4.69) is 0 Å². The summed E-state index contributed by atoms with van der Waals surface area (Å²) in [5, 5.41) is 9.58. The number of carbonyl (C=O) groups excluding carboxylic acids is 1. The first-order valence-electron chi connectivity index (χ1n) is 4.05. The van der Waals surface area contributed by atoms with Crippen LogP contribution in [-0.4, -0.2) is 25.6 Å². The summed E-state index contributed by atoms with van der Waals surface area (Å²) in [6.45, 7) is 1.74. The van der Waals surface area contributed by atoms with Crippen molar-refractivity contribution >= 4 is 6.29 Å². The van der Waals surface area contributed by atoms with E-state index in [-0.39, 0.29) is 17.1 Å². The van der Waals surface area contributed by atoms with Gasteiger partial charge in [-0.3, -0.25) is 4.79 Å². The van der Waals surface area contributed by atoms with Crippen LogP contribution in [0.25, 0.3) is 0 Å². The quantitative estimate of drug-likeness (QED) is 0.745. The molecule has 0 aliphatic heterocycles. The highest BCUT2D eigenvalue weighted by Gasteiger charge is 2.15. The third-order valence-electron chi connectivity index (χ3n) is 2.04. The van der Waals surface area contributed by atoms with E-state index in [4.69, 9.17) is 9.47 Å². The number of rotatable bonds is 3. The van der Waals surface area contributed by atoms with Crippen LogP contribution in [0.1, 0.15) is 15.9 Å². The number of methoxy groups -OCH3 is 2. The Balaban J connectivity index is 3.46. The Morgan fingerprint density at radius 2 is 2.00 bits per heavy atom. The first-order valence-corrected chi connectivity index (χ1v) is 4.05. The molecule has 0 aliphatic carbocycles. The van der Waals surface area contributed by atoms with Crippen LogP contribution in [0.5, 0.6) is 17.2 Å². The Bertz CT molecular complexity index is 358. The number of phenolic OH excluding ortho intramolecular Hbond substituents is 1. The molecule has 1 rings (SSSR count). The van der Waals surface area contributed by atoms with Crippen LogP contribution >= 0.6 is 0 Å². The van der Waals surface area contributed by atoms with Gasteiger partial charge in [0.15, 0.2) is 17.8 Å². The van der Waals surface area contributed by atoms with Crippen molar-refractivity contribution in [1.82, 2.24) is 0 Å². The second kappa shape index (κ2) is 4.00. The number of hydrogen-bond acceptors (Lipinski definition) is 4. The smallest absolute Gasteiger partial charge is 0.168 e. The average molecular weight is 196 g/mol. The van der Waals surface area contributed by atoms with Gasteiger partial charge in [-0.15, -0.1) is 0 Å². The molecule has 0 fully saturated rings. The van der Waals surface area contributed by atoms with Gasteiger partial charge >= 0.3 is 0 Å². The molecule has 14 heavy (non-hydrogen) atoms. The van der Waals surface area contributed by atoms with Gasteiger partial charge in [0.05, 0.1) is 19.8 Å². The Morgan fingerprint density at radius 3 is 2.43 bits per heavy atom. The first-order chi connectivity index (χ1) is 6.65. The normalized spacial score (nSPS) is 9.64. The van der Waals surface area contributed by atoms with E-state index in [0.717, 1.165) is 0 Å². The Morgan fingerprint density at radius 1 is 1.36 bits per heavy atom. The summed E-state index contributed by atoms with van der Waals surface area (Å²) in [5.41, 5.74) is 0.822. The van der Waals surface area contributed by atoms with Crippen LogP contribution in [0.4, 0.5) is 0 Å². The largest absolute Gasteiger partial charge is 0.504 e. The number of benzene rings is 1. The third-order valence-corrected chi connectivity index (χ3v) is 2.04. The van der Waals surface area contributed by atoms with E-state index in [0.29, 0.717) is 17.6 Å². The average Bonchev–Trinajstić information content (AvgIpc) is 2.19. The first kappa shape index (κ1) is 10.4. The van der Waals surface area contributed by atoms with Gasteiger partial charge in [-0.1, -0.05) is 0 Å². The lowest BCUT2D eigenvalue weighted by molar-refractivity contribution is 0.112. The van der Waals surface area contributed by atoms with Crippen molar-refractivity contribution in [3.63, 3.8) is 0 Å². The lowest BCUT2D eigenvalue weighted by atomic mass is 10.1. The molecule has 0 bridgehead atoms. The van der Waals surface area contributed by atoms with Gasteiger partial charge in [-0.25, -0.2) is 0 Å². The van der Waals surface area contributed by atoms with E-state index in [1.54, 1.807) is 6.92 Å². The van der Waals surface area contributed by atoms with Crippen LogP contribution in [0, 0.1) is 6.92 Å². The minimum absolute atomic E-state index is 0.152. The van der Waals surface area contributed by atoms with Crippen molar-refractivity contribution in [1.29, 1.82) is 0 Å². The third kappa shape index (κ3) is 1.51. The van der Waals surface area contributed by atoms with Gasteiger partial charge < -0.3 is 14.6 Å². The van der Waals surface area contributed by atoms with Crippen molar-refractivity contribution in [3.8, 4) is 17.2 Å². The molecule has 76 valence electrons. The highest BCUT2D eigenvalue weighted by molar-refractivity contribution is 5.83. The van der Waals surface area contributed by atoms with E-state index >= 15 is 0 Å². The SMILES string of the molecule is COc1cc(C=O)c(O)c(OC)c1C. The van der Waals surface area contributed by atoms with E-state index in [1.807, 2.05) is 0 Å². The molecule has 1 N–H and O–H groups in total. The van der Waals surface area contributed by atoms with E-state index < -0.39 is 0 Å². The number of aldehydes is 1. The number of ether oxygens (including phenoxy) is 2. The maximum absolute atomic E-state index is 10.6. The molecule has 0 radical (unpaired) electrons. The predicted molar refractivity (Wildman–Crippen MR) is 51.3 cm³/mol. The van der Waals surface area contributed by atoms with Crippen molar-refractivity contribution in [2.45, 2.75) is 6.92 Å². The summed E-state index contributed by atoms with van der Waals surface area (Å²) < 4.78 is 10.0. The van der Waals surface area contributed by atoms with E-state index in [1.165, 1.54) is 20.3 Å². The van der Waals surface area contributed by atoms with Crippen molar-refractivity contribution in [2.75, 3.05) is 14.2 Å². The molecule has 0 aromatic heterocycles. The number of carbonyl (C=O) groups is 1. The van der Waals surface area contributed by atoms with Gasteiger partial charge in [0.1, 0.15) is 5.75 Å². The molecule has 0 aliphatic rings. The molecule has 1 aromatic carbocycles. The minimum Gasteiger partial charge on any atom is -0.504 e. The molecule has 4 nitrogen and oxygen atoms in total. The van der Waals surface area contributed by atoms with Gasteiger partial charge in [0.2, 0.25) is 0 Å². The highest BCUT2D eigenvalue weighted by atomic mass is 16.5. The van der Waals surface area contributed by atoms with Crippen molar-refractivity contribution < 1.29 is 19.4 Å². The molecule has 1 aromatic rings. The molecule has 0 saturated heterocycles. The van der Waals surface area contributed by atoms with Crippen LogP contribution in [0.15, 0.2) is 6.07 Å². The zero-order valence-electron chi connectivity index (χ0n) is 8.33. The van der Waals surface area contributed by atoms with Gasteiger partial charge in [0.25, 0.3) is 0 Å². The fraction of sp³-hybridized carbons (Fsp3) is 0.300. The number of aromatic hydroxyl groups is 1. The molecule has 4 heteroatoms. The van der Waals surface area contributed by atoms with Gasteiger partial charge in [-0.2, -0.15) is 0 Å².